The van der Waals surface area contributed by atoms with Gasteiger partial charge < -0.3 is 14.4 Å². The van der Waals surface area contributed by atoms with Gasteiger partial charge in [0.15, 0.2) is 0 Å². The SMILES string of the molecule is CCC(C)N(CC(=O)N1CCc2sccc2C1COc1cccc(OC)c1)S(=O)(=O)c1ccc(Cl)cc1. The summed E-state index contributed by atoms with van der Waals surface area (Å²) in [5.41, 5.74) is 1.04. The predicted octanol–water partition coefficient (Wildman–Crippen LogP) is 5.40. The summed E-state index contributed by atoms with van der Waals surface area (Å²) >= 11 is 7.63. The number of benzene rings is 2. The van der Waals surface area contributed by atoms with Gasteiger partial charge in [-0.25, -0.2) is 8.42 Å². The van der Waals surface area contributed by atoms with Crippen LogP contribution >= 0.6 is 22.9 Å². The average Bonchev–Trinajstić information content (AvgIpc) is 3.39. The first kappa shape index (κ1) is 27.4. The summed E-state index contributed by atoms with van der Waals surface area (Å²) in [5.74, 6) is 1.07. The third kappa shape index (κ3) is 6.12. The molecule has 1 aliphatic heterocycles. The second kappa shape index (κ2) is 11.9. The molecule has 37 heavy (non-hydrogen) atoms. The van der Waals surface area contributed by atoms with Gasteiger partial charge in [0.05, 0.1) is 24.6 Å². The molecule has 2 heterocycles. The van der Waals surface area contributed by atoms with Crippen LogP contribution < -0.4 is 9.47 Å². The highest BCUT2D eigenvalue weighted by molar-refractivity contribution is 7.89. The minimum absolute atomic E-state index is 0.113. The minimum Gasteiger partial charge on any atom is -0.497 e. The van der Waals surface area contributed by atoms with Gasteiger partial charge in [0.2, 0.25) is 15.9 Å². The fraction of sp³-hybridized carbons (Fsp3) is 0.370. The first-order valence-corrected chi connectivity index (χ1v) is 14.8. The van der Waals surface area contributed by atoms with E-state index in [-0.39, 0.29) is 36.0 Å². The number of hydrogen-bond donors (Lipinski definition) is 0. The Morgan fingerprint density at radius 2 is 1.92 bits per heavy atom. The van der Waals surface area contributed by atoms with Crippen molar-refractivity contribution in [1.82, 2.24) is 9.21 Å². The van der Waals surface area contributed by atoms with Crippen molar-refractivity contribution in [3.8, 4) is 11.5 Å². The van der Waals surface area contributed by atoms with Crippen molar-refractivity contribution in [2.24, 2.45) is 0 Å². The van der Waals surface area contributed by atoms with Crippen LogP contribution in [0.3, 0.4) is 0 Å². The van der Waals surface area contributed by atoms with Gasteiger partial charge in [0.25, 0.3) is 0 Å². The summed E-state index contributed by atoms with van der Waals surface area (Å²) in [6.45, 7) is 4.21. The van der Waals surface area contributed by atoms with E-state index >= 15 is 0 Å². The van der Waals surface area contributed by atoms with Crippen LogP contribution in [0.2, 0.25) is 5.02 Å². The van der Waals surface area contributed by atoms with Crippen LogP contribution in [0.5, 0.6) is 11.5 Å². The molecule has 0 spiro atoms. The minimum atomic E-state index is -3.91. The molecule has 0 bridgehead atoms. The maximum absolute atomic E-state index is 13.7. The second-order valence-electron chi connectivity index (χ2n) is 8.90. The van der Waals surface area contributed by atoms with Crippen molar-refractivity contribution in [3.05, 3.63) is 75.4 Å². The number of nitrogens with zero attached hydrogens (tertiary/aromatic N) is 2. The zero-order valence-electron chi connectivity index (χ0n) is 21.1. The molecule has 0 N–H and O–H groups in total. The van der Waals surface area contributed by atoms with Crippen LogP contribution in [0.1, 0.15) is 36.8 Å². The van der Waals surface area contributed by atoms with Crippen LogP contribution in [-0.4, -0.2) is 56.4 Å². The number of fused-ring (bicyclic) bond motifs is 1. The normalized spacial score (nSPS) is 16.4. The smallest absolute Gasteiger partial charge is 0.243 e. The van der Waals surface area contributed by atoms with Gasteiger partial charge in [-0.3, -0.25) is 4.79 Å². The van der Waals surface area contributed by atoms with E-state index in [0.717, 1.165) is 12.0 Å². The Kier molecular flexibility index (Phi) is 8.79. The van der Waals surface area contributed by atoms with Crippen molar-refractivity contribution in [2.75, 3.05) is 26.8 Å². The molecule has 0 radical (unpaired) electrons. The molecule has 2 atom stereocenters. The quantitative estimate of drug-likeness (QED) is 0.330. The lowest BCUT2D eigenvalue weighted by molar-refractivity contribution is -0.135. The topological polar surface area (TPSA) is 76.2 Å². The van der Waals surface area contributed by atoms with E-state index < -0.39 is 10.0 Å². The van der Waals surface area contributed by atoms with Crippen molar-refractivity contribution in [1.29, 1.82) is 0 Å². The van der Waals surface area contributed by atoms with E-state index in [1.54, 1.807) is 41.5 Å². The van der Waals surface area contributed by atoms with Crippen LogP contribution in [0, 0.1) is 0 Å². The summed E-state index contributed by atoms with van der Waals surface area (Å²) in [4.78, 5) is 16.8. The molecule has 0 saturated carbocycles. The summed E-state index contributed by atoms with van der Waals surface area (Å²) in [6, 6.07) is 14.7. The van der Waals surface area contributed by atoms with E-state index in [1.165, 1.54) is 21.3 Å². The maximum Gasteiger partial charge on any atom is 0.243 e. The van der Waals surface area contributed by atoms with Gasteiger partial charge in [-0.2, -0.15) is 4.31 Å². The number of hydrogen-bond acceptors (Lipinski definition) is 6. The molecule has 7 nitrogen and oxygen atoms in total. The molecule has 3 aromatic rings. The molecule has 1 aromatic heterocycles. The van der Waals surface area contributed by atoms with Gasteiger partial charge in [0.1, 0.15) is 18.1 Å². The number of carbonyl (C=O) groups is 1. The largest absolute Gasteiger partial charge is 0.497 e. The maximum atomic E-state index is 13.7. The predicted molar refractivity (Wildman–Crippen MR) is 146 cm³/mol. The van der Waals surface area contributed by atoms with Gasteiger partial charge in [-0.15, -0.1) is 11.3 Å². The standard InChI is InChI=1S/C27H31ClN2O5S2/c1-4-19(2)30(37(32,33)23-10-8-20(28)9-11-23)17-27(31)29-14-12-26-24(13-15-36-26)25(29)18-35-22-7-5-6-21(16-22)34-3/h5-11,13,15-16,19,25H,4,12,14,17-18H2,1-3H3. The third-order valence-corrected chi connectivity index (χ3v) is 9.88. The molecule has 2 aromatic carbocycles. The zero-order valence-corrected chi connectivity index (χ0v) is 23.5. The first-order chi connectivity index (χ1) is 17.7. The number of ether oxygens (including phenoxy) is 2. The Hall–Kier alpha value is -2.59. The first-order valence-electron chi connectivity index (χ1n) is 12.1. The van der Waals surface area contributed by atoms with Crippen LogP contribution in [0.25, 0.3) is 0 Å². The number of methoxy groups -OCH3 is 1. The molecule has 198 valence electrons. The number of thiophene rings is 1. The summed E-state index contributed by atoms with van der Waals surface area (Å²) in [6.07, 6.45) is 1.29. The highest BCUT2D eigenvalue weighted by Gasteiger charge is 2.36. The molecular weight excluding hydrogens is 532 g/mol. The average molecular weight is 563 g/mol. The number of halogens is 1. The van der Waals surface area contributed by atoms with Crippen molar-refractivity contribution < 1.29 is 22.7 Å². The van der Waals surface area contributed by atoms with Crippen molar-refractivity contribution >= 4 is 38.9 Å². The second-order valence-corrected chi connectivity index (χ2v) is 12.2. The summed E-state index contributed by atoms with van der Waals surface area (Å²) in [5, 5.41) is 2.47. The highest BCUT2D eigenvalue weighted by atomic mass is 35.5. The van der Waals surface area contributed by atoms with Crippen LogP contribution in [-0.2, 0) is 21.2 Å². The van der Waals surface area contributed by atoms with Crippen LogP contribution in [0.4, 0.5) is 0 Å². The van der Waals surface area contributed by atoms with Gasteiger partial charge in [0, 0.05) is 28.6 Å². The number of carbonyl (C=O) groups excluding carboxylic acids is 1. The van der Waals surface area contributed by atoms with E-state index in [2.05, 4.69) is 0 Å². The van der Waals surface area contributed by atoms with Crippen molar-refractivity contribution in [2.45, 2.75) is 43.7 Å². The van der Waals surface area contributed by atoms with Gasteiger partial charge >= 0.3 is 0 Å². The highest BCUT2D eigenvalue weighted by Crippen LogP contribution is 2.35. The summed E-state index contributed by atoms with van der Waals surface area (Å²) in [7, 11) is -2.31. The lowest BCUT2D eigenvalue weighted by atomic mass is 10.0. The Bertz CT molecular complexity index is 1330. The molecular formula is C27H31ClN2O5S2. The number of rotatable bonds is 10. The van der Waals surface area contributed by atoms with Gasteiger partial charge in [-0.1, -0.05) is 24.6 Å². The van der Waals surface area contributed by atoms with Crippen molar-refractivity contribution in [3.63, 3.8) is 0 Å². The third-order valence-electron chi connectivity index (χ3n) is 6.66. The Balaban J connectivity index is 1.58. The molecule has 0 aliphatic carbocycles. The Labute approximate surface area is 227 Å². The lowest BCUT2D eigenvalue weighted by Gasteiger charge is -2.37. The molecule has 2 unspecified atom stereocenters. The van der Waals surface area contributed by atoms with E-state index in [4.69, 9.17) is 21.1 Å². The molecule has 4 rings (SSSR count). The van der Waals surface area contributed by atoms with Gasteiger partial charge in [-0.05, 0) is 73.2 Å². The Morgan fingerprint density at radius 3 is 2.62 bits per heavy atom. The number of sulfonamides is 1. The number of amides is 1. The fourth-order valence-electron chi connectivity index (χ4n) is 4.39. The lowest BCUT2D eigenvalue weighted by Crippen LogP contribution is -2.49. The van der Waals surface area contributed by atoms with Crippen LogP contribution in [0.15, 0.2) is 64.9 Å². The monoisotopic (exact) mass is 562 g/mol. The van der Waals surface area contributed by atoms with E-state index in [1.807, 2.05) is 43.5 Å². The van der Waals surface area contributed by atoms with E-state index in [0.29, 0.717) is 29.5 Å². The van der Waals surface area contributed by atoms with E-state index in [9.17, 15) is 13.2 Å². The molecule has 1 aliphatic rings. The Morgan fingerprint density at radius 1 is 1.19 bits per heavy atom. The molecule has 10 heteroatoms. The molecule has 0 saturated heterocycles. The molecule has 0 fully saturated rings. The zero-order chi connectivity index (χ0) is 26.6. The summed E-state index contributed by atoms with van der Waals surface area (Å²) < 4.78 is 39.8. The molecule has 1 amide bonds. The fourth-order valence-corrected chi connectivity index (χ4v) is 7.10.